The number of aromatic nitrogens is 3. The van der Waals surface area contributed by atoms with Crippen LogP contribution in [0.5, 0.6) is 5.75 Å². The monoisotopic (exact) mass is 546 g/mol. The molecule has 1 aliphatic heterocycles. The lowest BCUT2D eigenvalue weighted by molar-refractivity contribution is 0.0712. The summed E-state index contributed by atoms with van der Waals surface area (Å²) < 4.78 is 0. The second-order valence-electron chi connectivity index (χ2n) is 11.4. The molecular formula is C27H32Cl2N4O2S. The zero-order chi connectivity index (χ0) is 26.4. The molecule has 9 heteroatoms. The van der Waals surface area contributed by atoms with Gasteiger partial charge >= 0.3 is 0 Å². The van der Waals surface area contributed by atoms with Crippen molar-refractivity contribution in [2.75, 3.05) is 13.1 Å². The average molecular weight is 548 g/mol. The molecule has 1 saturated heterocycles. The zero-order valence-electron chi connectivity index (χ0n) is 21.5. The predicted octanol–water partition coefficient (Wildman–Crippen LogP) is 7.23. The van der Waals surface area contributed by atoms with Crippen LogP contribution in [0, 0.1) is 0 Å². The molecule has 3 aromatic rings. The third-order valence-electron chi connectivity index (χ3n) is 6.62. The van der Waals surface area contributed by atoms with Gasteiger partial charge < -0.3 is 10.0 Å². The van der Waals surface area contributed by atoms with Crippen molar-refractivity contribution in [3.8, 4) is 17.0 Å². The number of carbonyl (C=O) groups is 1. The van der Waals surface area contributed by atoms with Gasteiger partial charge in [-0.25, -0.2) is 4.98 Å². The highest BCUT2D eigenvalue weighted by molar-refractivity contribution is 7.10. The number of hydrogen-bond donors (Lipinski definition) is 1. The van der Waals surface area contributed by atoms with Gasteiger partial charge in [0.15, 0.2) is 10.3 Å². The number of piperidine rings is 1. The van der Waals surface area contributed by atoms with Crippen LogP contribution in [0.3, 0.4) is 0 Å². The van der Waals surface area contributed by atoms with E-state index in [9.17, 15) is 9.90 Å². The van der Waals surface area contributed by atoms with Crippen LogP contribution in [0.4, 0.5) is 0 Å². The van der Waals surface area contributed by atoms with E-state index in [1.54, 1.807) is 16.2 Å². The Hall–Kier alpha value is -2.22. The Morgan fingerprint density at radius 3 is 2.14 bits per heavy atom. The number of phenolic OH excluding ortho intramolecular Hbond substituents is 1. The summed E-state index contributed by atoms with van der Waals surface area (Å²) in [5.74, 6) is 0.476. The summed E-state index contributed by atoms with van der Waals surface area (Å²) >= 11 is 13.6. The van der Waals surface area contributed by atoms with Crippen molar-refractivity contribution in [1.82, 2.24) is 20.1 Å². The van der Waals surface area contributed by atoms with Crippen LogP contribution in [-0.4, -0.2) is 44.2 Å². The number of hydrogen-bond acceptors (Lipinski definition) is 6. The highest BCUT2D eigenvalue weighted by Gasteiger charge is 2.30. The topological polar surface area (TPSA) is 79.2 Å². The molecule has 192 valence electrons. The number of rotatable bonds is 3. The molecule has 2 aromatic heterocycles. The molecular weight excluding hydrogens is 515 g/mol. The molecule has 0 unspecified atom stereocenters. The number of benzene rings is 1. The summed E-state index contributed by atoms with van der Waals surface area (Å²) in [4.78, 5) is 19.7. The van der Waals surface area contributed by atoms with Crippen molar-refractivity contribution in [2.45, 2.75) is 71.1 Å². The summed E-state index contributed by atoms with van der Waals surface area (Å²) in [6, 6.07) is 5.61. The molecule has 6 nitrogen and oxygen atoms in total. The summed E-state index contributed by atoms with van der Waals surface area (Å²) in [5, 5.41) is 21.9. The molecule has 1 fully saturated rings. The molecule has 0 bridgehead atoms. The van der Waals surface area contributed by atoms with E-state index in [4.69, 9.17) is 28.2 Å². The smallest absolute Gasteiger partial charge is 0.257 e. The maximum absolute atomic E-state index is 12.9. The Bertz CT molecular complexity index is 1250. The van der Waals surface area contributed by atoms with Crippen molar-refractivity contribution >= 4 is 40.4 Å². The molecule has 0 aliphatic carbocycles. The van der Waals surface area contributed by atoms with Gasteiger partial charge in [-0.2, -0.15) is 0 Å². The van der Waals surface area contributed by atoms with E-state index in [1.165, 1.54) is 6.07 Å². The predicted molar refractivity (Wildman–Crippen MR) is 147 cm³/mol. The first-order chi connectivity index (χ1) is 16.8. The van der Waals surface area contributed by atoms with E-state index >= 15 is 0 Å². The van der Waals surface area contributed by atoms with Crippen LogP contribution in [0.1, 0.15) is 86.8 Å². The number of carbonyl (C=O) groups excluding carboxylic acids is 1. The molecule has 1 amide bonds. The van der Waals surface area contributed by atoms with Crippen molar-refractivity contribution in [1.29, 1.82) is 0 Å². The van der Waals surface area contributed by atoms with E-state index in [2.05, 4.69) is 69.3 Å². The van der Waals surface area contributed by atoms with Crippen LogP contribution in [0.15, 0.2) is 23.6 Å². The van der Waals surface area contributed by atoms with Crippen LogP contribution in [0.2, 0.25) is 10.3 Å². The number of aromatic hydroxyl groups is 1. The van der Waals surface area contributed by atoms with Crippen molar-refractivity contribution in [3.63, 3.8) is 0 Å². The first-order valence-corrected chi connectivity index (χ1v) is 13.7. The first kappa shape index (κ1) is 26.8. The molecule has 1 aromatic carbocycles. The highest BCUT2D eigenvalue weighted by atomic mass is 35.5. The van der Waals surface area contributed by atoms with Crippen molar-refractivity contribution < 1.29 is 9.90 Å². The van der Waals surface area contributed by atoms with E-state index < -0.39 is 0 Å². The summed E-state index contributed by atoms with van der Waals surface area (Å²) in [6.07, 6.45) is 1.64. The molecule has 0 saturated carbocycles. The summed E-state index contributed by atoms with van der Waals surface area (Å²) in [5.41, 5.74) is 3.68. The molecule has 0 radical (unpaired) electrons. The Kier molecular flexibility index (Phi) is 7.39. The molecule has 0 atom stereocenters. The van der Waals surface area contributed by atoms with Gasteiger partial charge in [-0.1, -0.05) is 64.7 Å². The standard InChI is InChI=1S/C27H32Cl2N4O2S/c1-26(2,3)18-11-16(12-19(22(18)34)27(4,5)6)20-14-36-24(30-20)15-7-9-33(10-8-15)25(35)17-13-21(28)31-32-23(17)29/h11-15,34H,7-10H2,1-6H3. The van der Waals surface area contributed by atoms with Crippen molar-refractivity contribution in [2.24, 2.45) is 0 Å². The van der Waals surface area contributed by atoms with Crippen LogP contribution < -0.4 is 0 Å². The zero-order valence-corrected chi connectivity index (χ0v) is 23.9. The lowest BCUT2D eigenvalue weighted by Crippen LogP contribution is -2.38. The lowest BCUT2D eigenvalue weighted by atomic mass is 9.78. The highest BCUT2D eigenvalue weighted by Crippen LogP contribution is 2.42. The Labute approximate surface area is 226 Å². The second-order valence-corrected chi connectivity index (χ2v) is 13.1. The quantitative estimate of drug-likeness (QED) is 0.374. The maximum Gasteiger partial charge on any atom is 0.257 e. The average Bonchev–Trinajstić information content (AvgIpc) is 3.29. The number of likely N-dealkylation sites (tertiary alicyclic amines) is 1. The van der Waals surface area contributed by atoms with E-state index in [1.807, 2.05) is 0 Å². The fourth-order valence-corrected chi connectivity index (χ4v) is 5.86. The van der Waals surface area contributed by atoms with Gasteiger partial charge in [0, 0.05) is 41.1 Å². The van der Waals surface area contributed by atoms with Gasteiger partial charge in [0.1, 0.15) is 5.75 Å². The van der Waals surface area contributed by atoms with E-state index in [0.29, 0.717) is 18.8 Å². The number of amides is 1. The largest absolute Gasteiger partial charge is 0.507 e. The molecule has 1 aliphatic rings. The molecule has 36 heavy (non-hydrogen) atoms. The number of phenols is 1. The third kappa shape index (κ3) is 5.53. The number of nitrogens with zero attached hydrogens (tertiary/aromatic N) is 4. The van der Waals surface area contributed by atoms with Crippen molar-refractivity contribution in [3.05, 3.63) is 55.6 Å². The second kappa shape index (κ2) is 9.92. The van der Waals surface area contributed by atoms with Gasteiger partial charge in [0.2, 0.25) is 0 Å². The van der Waals surface area contributed by atoms with Gasteiger partial charge in [0.05, 0.1) is 16.3 Å². The number of halogens is 2. The minimum absolute atomic E-state index is 0.0641. The van der Waals surface area contributed by atoms with Gasteiger partial charge in [-0.3, -0.25) is 4.79 Å². The van der Waals surface area contributed by atoms with E-state index in [-0.39, 0.29) is 38.5 Å². The minimum atomic E-state index is -0.199. The Morgan fingerprint density at radius 1 is 1.00 bits per heavy atom. The summed E-state index contributed by atoms with van der Waals surface area (Å²) in [6.45, 7) is 13.9. The molecule has 4 rings (SSSR count). The fourth-order valence-electron chi connectivity index (χ4n) is 4.54. The minimum Gasteiger partial charge on any atom is -0.507 e. The Balaban J connectivity index is 1.54. The molecule has 0 spiro atoms. The third-order valence-corrected chi connectivity index (χ3v) is 8.10. The van der Waals surface area contributed by atoms with Crippen LogP contribution in [0.25, 0.3) is 11.3 Å². The SMILES string of the molecule is CC(C)(C)c1cc(-c2csc(C3CCN(C(=O)c4cc(Cl)nnc4Cl)CC3)n2)cc(C(C)(C)C)c1O. The number of thiazole rings is 1. The summed E-state index contributed by atoms with van der Waals surface area (Å²) in [7, 11) is 0. The Morgan fingerprint density at radius 2 is 1.58 bits per heavy atom. The fraction of sp³-hybridized carbons (Fsp3) is 0.481. The molecule has 1 N–H and O–H groups in total. The van der Waals surface area contributed by atoms with Gasteiger partial charge in [-0.05, 0) is 41.9 Å². The van der Waals surface area contributed by atoms with Crippen LogP contribution in [-0.2, 0) is 10.8 Å². The maximum atomic E-state index is 12.9. The lowest BCUT2D eigenvalue weighted by Gasteiger charge is -2.31. The van der Waals surface area contributed by atoms with Gasteiger partial charge in [-0.15, -0.1) is 21.5 Å². The van der Waals surface area contributed by atoms with E-state index in [0.717, 1.165) is 40.2 Å². The normalized spacial score (nSPS) is 15.4. The first-order valence-electron chi connectivity index (χ1n) is 12.1. The molecule has 3 heterocycles. The van der Waals surface area contributed by atoms with Gasteiger partial charge in [0.25, 0.3) is 5.91 Å². The van der Waals surface area contributed by atoms with Crippen LogP contribution >= 0.6 is 34.5 Å².